The second-order valence-corrected chi connectivity index (χ2v) is 17.4. The van der Waals surface area contributed by atoms with E-state index in [1.165, 1.54) is 43.4 Å². The Morgan fingerprint density at radius 2 is 1.26 bits per heavy atom. The number of halogens is 3. The molecular formula is C31H34BrF2N7O4S2. The van der Waals surface area contributed by atoms with Crippen molar-refractivity contribution in [2.24, 2.45) is 11.8 Å². The van der Waals surface area contributed by atoms with E-state index in [0.29, 0.717) is 51.0 Å². The Kier molecular flexibility index (Phi) is 10.6. The summed E-state index contributed by atoms with van der Waals surface area (Å²) in [5, 5.41) is 1.19. The predicted octanol–water partition coefficient (Wildman–Crippen LogP) is 5.37. The molecule has 0 bridgehead atoms. The lowest BCUT2D eigenvalue weighted by Gasteiger charge is -2.33. The summed E-state index contributed by atoms with van der Waals surface area (Å²) in [6.07, 6.45) is 8.84. The van der Waals surface area contributed by atoms with E-state index in [1.807, 2.05) is 9.80 Å². The lowest BCUT2D eigenvalue weighted by Crippen LogP contribution is -2.38. The van der Waals surface area contributed by atoms with Crippen LogP contribution in [-0.4, -0.2) is 87.0 Å². The molecule has 2 aliphatic heterocycles. The van der Waals surface area contributed by atoms with E-state index in [0.717, 1.165) is 38.8 Å². The number of nitrogens with zero attached hydrogens (tertiary/aromatic N) is 7. The quantitative estimate of drug-likeness (QED) is 0.237. The molecule has 11 nitrogen and oxygen atoms in total. The van der Waals surface area contributed by atoms with Gasteiger partial charge in [0.05, 0.1) is 33.6 Å². The van der Waals surface area contributed by atoms with Gasteiger partial charge in [0.2, 0.25) is 5.69 Å². The zero-order chi connectivity index (χ0) is 33.9. The van der Waals surface area contributed by atoms with E-state index in [2.05, 4.69) is 40.7 Å². The van der Waals surface area contributed by atoms with Crippen LogP contribution < -0.4 is 9.80 Å². The van der Waals surface area contributed by atoms with Crippen molar-refractivity contribution in [3.05, 3.63) is 64.4 Å². The van der Waals surface area contributed by atoms with Gasteiger partial charge >= 0.3 is 0 Å². The van der Waals surface area contributed by atoms with Crippen LogP contribution in [0.1, 0.15) is 25.7 Å². The molecule has 4 heterocycles. The van der Waals surface area contributed by atoms with Crippen molar-refractivity contribution >= 4 is 74.7 Å². The minimum absolute atomic E-state index is 0.0335. The first kappa shape index (κ1) is 34.8. The fourth-order valence-corrected chi connectivity index (χ4v) is 8.91. The third-order valence-electron chi connectivity index (χ3n) is 8.17. The molecule has 2 unspecified atom stereocenters. The van der Waals surface area contributed by atoms with Crippen LogP contribution in [0.4, 0.5) is 26.1 Å². The van der Waals surface area contributed by atoms with Gasteiger partial charge in [-0.05, 0) is 77.7 Å². The summed E-state index contributed by atoms with van der Waals surface area (Å²) in [6.45, 7) is 9.68. The number of fused-ring (bicyclic) bond motifs is 2. The van der Waals surface area contributed by atoms with Gasteiger partial charge in [0, 0.05) is 49.5 Å². The Morgan fingerprint density at radius 1 is 0.787 bits per heavy atom. The first-order valence-electron chi connectivity index (χ1n) is 15.0. The number of anilines is 2. The number of rotatable bonds is 6. The SMILES string of the molecule is CS(=O)(=O)CC1CCCN(c2ncnc3cc(Br)c(F)cc23)C1.[C-]#[N+]c1cc2ncnc(N3CCCC(CS(C)(=O)=O)C3)c2cc1F. The van der Waals surface area contributed by atoms with Gasteiger partial charge in [0.15, 0.2) is 0 Å². The Morgan fingerprint density at radius 3 is 1.72 bits per heavy atom. The Hall–Kier alpha value is -3.55. The van der Waals surface area contributed by atoms with E-state index >= 15 is 0 Å². The third kappa shape index (κ3) is 8.88. The fourth-order valence-electron chi connectivity index (χ4n) is 6.32. The van der Waals surface area contributed by atoms with Gasteiger partial charge in [-0.2, -0.15) is 0 Å². The van der Waals surface area contributed by atoms with Crippen LogP contribution in [-0.2, 0) is 19.7 Å². The first-order chi connectivity index (χ1) is 22.2. The van der Waals surface area contributed by atoms with Gasteiger partial charge in [-0.15, -0.1) is 0 Å². The summed E-state index contributed by atoms with van der Waals surface area (Å²) in [6, 6.07) is 5.77. The Labute approximate surface area is 281 Å². The zero-order valence-corrected chi connectivity index (χ0v) is 29.1. The molecular weight excluding hydrogens is 716 g/mol. The number of hydrogen-bond donors (Lipinski definition) is 0. The molecule has 0 radical (unpaired) electrons. The van der Waals surface area contributed by atoms with Crippen molar-refractivity contribution in [2.45, 2.75) is 25.7 Å². The molecule has 47 heavy (non-hydrogen) atoms. The van der Waals surface area contributed by atoms with Crippen molar-refractivity contribution in [1.29, 1.82) is 0 Å². The monoisotopic (exact) mass is 749 g/mol. The van der Waals surface area contributed by atoms with E-state index in [9.17, 15) is 25.6 Å². The second kappa shape index (κ2) is 14.3. The highest BCUT2D eigenvalue weighted by molar-refractivity contribution is 9.10. The molecule has 2 aromatic heterocycles. The summed E-state index contributed by atoms with van der Waals surface area (Å²) in [5.74, 6) is 0.717. The maximum absolute atomic E-state index is 14.0. The van der Waals surface area contributed by atoms with Crippen LogP contribution in [0, 0.1) is 30.0 Å². The van der Waals surface area contributed by atoms with Crippen LogP contribution in [0.5, 0.6) is 0 Å². The molecule has 2 saturated heterocycles. The number of aromatic nitrogens is 4. The summed E-state index contributed by atoms with van der Waals surface area (Å²) >= 11 is 3.16. The lowest BCUT2D eigenvalue weighted by atomic mass is 9.99. The van der Waals surface area contributed by atoms with E-state index in [4.69, 9.17) is 6.57 Å². The topological polar surface area (TPSA) is 131 Å². The molecule has 4 aromatic rings. The highest BCUT2D eigenvalue weighted by Gasteiger charge is 2.27. The number of sulfone groups is 2. The van der Waals surface area contributed by atoms with Crippen LogP contribution in [0.25, 0.3) is 26.7 Å². The molecule has 2 aliphatic rings. The van der Waals surface area contributed by atoms with E-state index < -0.39 is 25.5 Å². The maximum Gasteiger partial charge on any atom is 0.224 e. The highest BCUT2D eigenvalue weighted by atomic mass is 79.9. The molecule has 6 rings (SSSR count). The van der Waals surface area contributed by atoms with Gasteiger partial charge in [-0.3, -0.25) is 0 Å². The largest absolute Gasteiger partial charge is 0.356 e. The molecule has 2 fully saturated rings. The minimum atomic E-state index is -3.04. The normalized spacial score (nSPS) is 18.9. The molecule has 16 heteroatoms. The van der Waals surface area contributed by atoms with Crippen LogP contribution in [0.15, 0.2) is 41.4 Å². The molecule has 0 saturated carbocycles. The summed E-state index contributed by atoms with van der Waals surface area (Å²) in [7, 11) is -6.05. The van der Waals surface area contributed by atoms with Crippen LogP contribution >= 0.6 is 15.9 Å². The van der Waals surface area contributed by atoms with E-state index in [-0.39, 0.29) is 34.8 Å². The zero-order valence-electron chi connectivity index (χ0n) is 25.9. The molecule has 2 atom stereocenters. The van der Waals surface area contributed by atoms with Crippen LogP contribution in [0.2, 0.25) is 0 Å². The summed E-state index contributed by atoms with van der Waals surface area (Å²) in [4.78, 5) is 24.1. The van der Waals surface area contributed by atoms with Crippen molar-refractivity contribution in [3.63, 3.8) is 0 Å². The molecule has 0 amide bonds. The average molecular weight is 751 g/mol. The summed E-state index contributed by atoms with van der Waals surface area (Å²) < 4.78 is 74.4. The highest BCUT2D eigenvalue weighted by Crippen LogP contribution is 2.33. The average Bonchev–Trinajstić information content (AvgIpc) is 3.00. The first-order valence-corrected chi connectivity index (χ1v) is 19.9. The smallest absolute Gasteiger partial charge is 0.224 e. The number of hydrogen-bond acceptors (Lipinski definition) is 10. The molecule has 2 aromatic carbocycles. The fraction of sp³-hybridized carbons (Fsp3) is 0.452. The minimum Gasteiger partial charge on any atom is -0.356 e. The van der Waals surface area contributed by atoms with Gasteiger partial charge in [0.1, 0.15) is 55.6 Å². The Balaban J connectivity index is 0.000000185. The van der Waals surface area contributed by atoms with E-state index in [1.54, 1.807) is 6.07 Å². The van der Waals surface area contributed by atoms with Crippen molar-refractivity contribution in [3.8, 4) is 0 Å². The number of piperidine rings is 2. The standard InChI is InChI=1S/C16H17FN4O2S.C15H17BrFN3O2S/c1-18-15-7-14-12(6-13(15)17)16(20-10-19-14)21-5-3-4-11(8-21)9-24(2,22)23;1-23(21,22)8-10-3-2-4-20(7-10)15-11-5-13(17)12(16)6-14(11)18-9-19-15/h6-7,10-11H,3-5,8-9H2,2H3;5-6,9-10H,2-4,7-8H2,1H3. The molecule has 0 aliphatic carbocycles. The molecule has 250 valence electrons. The maximum atomic E-state index is 14.0. The van der Waals surface area contributed by atoms with Crippen molar-refractivity contribution < 1.29 is 25.6 Å². The number of benzene rings is 2. The summed E-state index contributed by atoms with van der Waals surface area (Å²) in [5.41, 5.74) is 1.10. The third-order valence-corrected chi connectivity index (χ3v) is 10.9. The molecule has 0 spiro atoms. The van der Waals surface area contributed by atoms with Crippen molar-refractivity contribution in [2.75, 3.05) is 60.0 Å². The Bertz CT molecular complexity index is 2060. The van der Waals surface area contributed by atoms with Gasteiger partial charge in [0.25, 0.3) is 0 Å². The van der Waals surface area contributed by atoms with Gasteiger partial charge in [-0.25, -0.2) is 50.4 Å². The predicted molar refractivity (Wildman–Crippen MR) is 182 cm³/mol. The van der Waals surface area contributed by atoms with Crippen molar-refractivity contribution in [1.82, 2.24) is 19.9 Å². The lowest BCUT2D eigenvalue weighted by molar-refractivity contribution is 0.443. The van der Waals surface area contributed by atoms with Gasteiger partial charge < -0.3 is 9.80 Å². The van der Waals surface area contributed by atoms with Gasteiger partial charge in [-0.1, -0.05) is 0 Å². The van der Waals surface area contributed by atoms with Crippen LogP contribution in [0.3, 0.4) is 0 Å². The second-order valence-electron chi connectivity index (χ2n) is 12.2. The molecule has 0 N–H and O–H groups in total.